The van der Waals surface area contributed by atoms with E-state index in [0.717, 1.165) is 0 Å². The van der Waals surface area contributed by atoms with Gasteiger partial charge in [-0.2, -0.15) is 0 Å². The van der Waals surface area contributed by atoms with Crippen LogP contribution in [0.5, 0.6) is 0 Å². The molecule has 7 rings (SSSR count). The molecule has 11 atom stereocenters. The minimum absolute atomic E-state index is 0.0909. The third kappa shape index (κ3) is 9.16. The highest BCUT2D eigenvalue weighted by molar-refractivity contribution is 6.73. The molecule has 2 bridgehead atoms. The number of ketones is 1. The highest BCUT2D eigenvalue weighted by Gasteiger charge is 2.79. The molecule has 0 radical (unpaired) electrons. The number of carbonyl (C=O) groups is 6. The van der Waals surface area contributed by atoms with Crippen molar-refractivity contribution in [2.75, 3.05) is 6.61 Å². The van der Waals surface area contributed by atoms with Gasteiger partial charge < -0.3 is 42.7 Å². The largest absolute Gasteiger partial charge is 0.456 e. The van der Waals surface area contributed by atoms with Crippen LogP contribution in [0.2, 0.25) is 18.1 Å². The van der Waals surface area contributed by atoms with E-state index < -0.39 is 132 Å². The van der Waals surface area contributed by atoms with Crippen molar-refractivity contribution in [3.8, 4) is 0 Å². The van der Waals surface area contributed by atoms with Gasteiger partial charge in [-0.05, 0) is 95.4 Å². The molecular formula is C54H73NO15Si. The van der Waals surface area contributed by atoms with Crippen molar-refractivity contribution in [1.82, 2.24) is 4.90 Å². The maximum absolute atomic E-state index is 16.4. The molecule has 2 saturated heterocycles. The molecule has 1 amide bonds. The zero-order chi connectivity index (χ0) is 52.4. The molecule has 2 saturated carbocycles. The first-order chi connectivity index (χ1) is 33.1. The molecule has 4 fully saturated rings. The Labute approximate surface area is 418 Å². The summed E-state index contributed by atoms with van der Waals surface area (Å²) < 4.78 is 51.8. The standard InChI is InChI=1S/C54H73NO15Si/c1-15-71(16-2,17-3)70-37-28-38-53(30-63-38,67-33(6)57)43-45(66-46(59)35-26-22-19-23-27-35)54(62)29-36(31(4)39(50(54,10)11)41(64-32(5)56)44(58)52(37,43)14)65-47(60)42-40(34-24-20-18-21-25-34)55(51(12,13)68-42)48(61)69-49(7,8)9/h18-27,36-38,40-43,45,62H,15-17,28-30H2,1-14H3/t36-,37-,38+,40-,41+,42+,43?,45-,52+,53-,54+/m1/s1. The zero-order valence-corrected chi connectivity index (χ0v) is 44.7. The van der Waals surface area contributed by atoms with Crippen molar-refractivity contribution >= 4 is 44.1 Å². The summed E-state index contributed by atoms with van der Waals surface area (Å²) in [6, 6.07) is 18.1. The highest BCUT2D eigenvalue weighted by atomic mass is 28.4. The Balaban J connectivity index is 1.47. The molecular weight excluding hydrogens is 931 g/mol. The van der Waals surface area contributed by atoms with Gasteiger partial charge in [0.15, 0.2) is 31.9 Å². The van der Waals surface area contributed by atoms with Crippen molar-refractivity contribution in [2.45, 2.75) is 193 Å². The first-order valence-electron chi connectivity index (χ1n) is 24.9. The van der Waals surface area contributed by atoms with Crippen LogP contribution in [0.25, 0.3) is 0 Å². The number of rotatable bonds is 12. The second-order valence-electron chi connectivity index (χ2n) is 22.2. The average molecular weight is 1000 g/mol. The Hall–Kier alpha value is -4.94. The molecule has 1 unspecified atom stereocenters. The van der Waals surface area contributed by atoms with Crippen LogP contribution < -0.4 is 0 Å². The van der Waals surface area contributed by atoms with Crippen LogP contribution in [-0.4, -0.2) is 120 Å². The Morgan fingerprint density at radius 2 is 1.44 bits per heavy atom. The number of nitrogens with zero attached hydrogens (tertiary/aromatic N) is 1. The van der Waals surface area contributed by atoms with Gasteiger partial charge >= 0.3 is 30.0 Å². The van der Waals surface area contributed by atoms with Gasteiger partial charge in [-0.25, -0.2) is 14.4 Å². The third-order valence-corrected chi connectivity index (χ3v) is 20.9. The normalized spacial score (nSPS) is 33.0. The molecule has 0 aromatic heterocycles. The molecule has 2 aromatic carbocycles. The van der Waals surface area contributed by atoms with Crippen molar-refractivity contribution < 1.29 is 71.5 Å². The maximum atomic E-state index is 16.4. The highest BCUT2D eigenvalue weighted by Crippen LogP contribution is 2.65. The summed E-state index contributed by atoms with van der Waals surface area (Å²) in [5, 5.41) is 14.2. The maximum Gasteiger partial charge on any atom is 0.413 e. The van der Waals surface area contributed by atoms with Crippen molar-refractivity contribution in [1.29, 1.82) is 0 Å². The number of esters is 4. The molecule has 388 valence electrons. The van der Waals surface area contributed by atoms with Crippen molar-refractivity contribution in [2.24, 2.45) is 16.7 Å². The third-order valence-electron chi connectivity index (χ3n) is 16.3. The molecule has 17 heteroatoms. The second-order valence-corrected chi connectivity index (χ2v) is 26.9. The van der Waals surface area contributed by atoms with Gasteiger partial charge in [-0.15, -0.1) is 0 Å². The van der Waals surface area contributed by atoms with E-state index >= 15 is 9.59 Å². The fourth-order valence-electron chi connectivity index (χ4n) is 12.4. The quantitative estimate of drug-likeness (QED) is 0.0920. The minimum atomic E-state index is -2.63. The number of carbonyl (C=O) groups excluding carboxylic acids is 6. The van der Waals surface area contributed by atoms with Gasteiger partial charge in [0.1, 0.15) is 41.3 Å². The number of hydrogen-bond acceptors (Lipinski definition) is 15. The summed E-state index contributed by atoms with van der Waals surface area (Å²) >= 11 is 0. The van der Waals surface area contributed by atoms with Gasteiger partial charge in [-0.3, -0.25) is 19.3 Å². The molecule has 16 nitrogen and oxygen atoms in total. The average Bonchev–Trinajstić information content (AvgIpc) is 3.59. The Morgan fingerprint density at radius 1 is 0.845 bits per heavy atom. The van der Waals surface area contributed by atoms with Gasteiger partial charge in [-0.1, -0.05) is 83.1 Å². The van der Waals surface area contributed by atoms with Gasteiger partial charge in [0.2, 0.25) is 0 Å². The summed E-state index contributed by atoms with van der Waals surface area (Å²) in [5.74, 6) is -5.33. The number of benzene rings is 2. The van der Waals surface area contributed by atoms with Crippen LogP contribution in [0.3, 0.4) is 0 Å². The fraction of sp³-hybridized carbons (Fsp3) is 0.630. The van der Waals surface area contributed by atoms with E-state index in [-0.39, 0.29) is 24.2 Å². The first-order valence-corrected chi connectivity index (χ1v) is 27.5. The van der Waals surface area contributed by atoms with E-state index in [1.165, 1.54) is 18.7 Å². The summed E-state index contributed by atoms with van der Waals surface area (Å²) in [4.78, 5) is 88.8. The van der Waals surface area contributed by atoms with Gasteiger partial charge in [0.25, 0.3) is 0 Å². The van der Waals surface area contributed by atoms with E-state index in [0.29, 0.717) is 29.3 Å². The lowest BCUT2D eigenvalue weighted by atomic mass is 9.44. The van der Waals surface area contributed by atoms with Crippen LogP contribution in [0, 0.1) is 16.7 Å². The number of hydrogen-bond donors (Lipinski definition) is 1. The van der Waals surface area contributed by atoms with E-state index in [9.17, 15) is 24.3 Å². The van der Waals surface area contributed by atoms with Gasteiger partial charge in [0, 0.05) is 32.1 Å². The Bertz CT molecular complexity index is 2420. The molecule has 2 heterocycles. The van der Waals surface area contributed by atoms with E-state index in [1.807, 2.05) is 0 Å². The second kappa shape index (κ2) is 19.2. The van der Waals surface area contributed by atoms with Crippen LogP contribution in [0.1, 0.15) is 132 Å². The summed E-state index contributed by atoms with van der Waals surface area (Å²) in [5.41, 5.74) is -8.64. The number of aliphatic hydroxyl groups is 1. The van der Waals surface area contributed by atoms with E-state index in [2.05, 4.69) is 20.8 Å². The topological polar surface area (TPSA) is 200 Å². The van der Waals surface area contributed by atoms with Gasteiger partial charge in [0.05, 0.1) is 29.6 Å². The molecule has 1 N–H and O–H groups in total. The predicted molar refractivity (Wildman–Crippen MR) is 261 cm³/mol. The number of amides is 1. The van der Waals surface area contributed by atoms with Crippen molar-refractivity contribution in [3.63, 3.8) is 0 Å². The smallest absolute Gasteiger partial charge is 0.413 e. The monoisotopic (exact) mass is 1000 g/mol. The molecule has 0 spiro atoms. The lowest BCUT2D eigenvalue weighted by Crippen LogP contribution is -2.82. The molecule has 2 aromatic rings. The Kier molecular flexibility index (Phi) is 14.5. The molecule has 5 aliphatic rings. The Morgan fingerprint density at radius 3 is 1.96 bits per heavy atom. The lowest BCUT2D eigenvalue weighted by molar-refractivity contribution is -0.344. The number of ether oxygens (including phenoxy) is 7. The van der Waals surface area contributed by atoms with E-state index in [4.69, 9.17) is 37.6 Å². The molecule has 71 heavy (non-hydrogen) atoms. The lowest BCUT2D eigenvalue weighted by Gasteiger charge is -2.68. The number of fused-ring (bicyclic) bond motifs is 5. The van der Waals surface area contributed by atoms with Crippen LogP contribution >= 0.6 is 0 Å². The fourth-order valence-corrected chi connectivity index (χ4v) is 15.3. The molecule has 2 aliphatic heterocycles. The van der Waals surface area contributed by atoms with Crippen LogP contribution in [0.4, 0.5) is 4.79 Å². The predicted octanol–water partition coefficient (Wildman–Crippen LogP) is 8.35. The molecule has 3 aliphatic carbocycles. The first kappa shape index (κ1) is 53.8. The minimum Gasteiger partial charge on any atom is -0.456 e. The zero-order valence-electron chi connectivity index (χ0n) is 43.7. The van der Waals surface area contributed by atoms with Crippen LogP contribution in [0.15, 0.2) is 71.8 Å². The van der Waals surface area contributed by atoms with E-state index in [1.54, 1.807) is 123 Å². The summed E-state index contributed by atoms with van der Waals surface area (Å²) in [6.07, 6.45) is -9.21. The SMILES string of the molecule is CC[Si](CC)(CC)O[C@@H]1C[C@@H]2OC[C@]2(OC(C)=O)C2[C@@H](OC(=O)c3ccccc3)[C@@]3(O)C[C@@H](OC(=O)[C@H]4OC(C)(C)N(C(=O)OC(C)(C)C)[C@@H]4c4ccccc4)C(C)=C([C@H](OC(C)=O)C(=O)[C@]21C)C3(C)C. The summed E-state index contributed by atoms with van der Waals surface area (Å²) in [6.45, 7) is 23.5. The van der Waals surface area contributed by atoms with Crippen molar-refractivity contribution in [3.05, 3.63) is 82.9 Å². The van der Waals surface area contributed by atoms with Crippen LogP contribution in [-0.2, 0) is 56.8 Å². The number of Topliss-reactive ketones (excluding diaryl/α,β-unsaturated/α-hetero) is 1. The summed E-state index contributed by atoms with van der Waals surface area (Å²) in [7, 11) is -2.63.